The van der Waals surface area contributed by atoms with E-state index in [9.17, 15) is 9.59 Å². The Kier molecular flexibility index (Phi) is 6.85. The summed E-state index contributed by atoms with van der Waals surface area (Å²) < 4.78 is 10.7. The molecule has 0 spiro atoms. The summed E-state index contributed by atoms with van der Waals surface area (Å²) in [5.41, 5.74) is 2.94. The Bertz CT molecular complexity index is 1600. The second-order valence-electron chi connectivity index (χ2n) is 8.31. The van der Waals surface area contributed by atoms with Crippen LogP contribution in [0.4, 0.5) is 0 Å². The van der Waals surface area contributed by atoms with Crippen molar-refractivity contribution >= 4 is 56.2 Å². The maximum atomic E-state index is 13.0. The summed E-state index contributed by atoms with van der Waals surface area (Å²) in [5.74, 6) is 0.0630. The third kappa shape index (κ3) is 4.76. The molecule has 0 aliphatic carbocycles. The van der Waals surface area contributed by atoms with E-state index in [4.69, 9.17) is 25.7 Å². The van der Waals surface area contributed by atoms with Gasteiger partial charge in [-0.2, -0.15) is 0 Å². The van der Waals surface area contributed by atoms with Crippen LogP contribution < -0.4 is 10.9 Å². The topological polar surface area (TPSA) is 80.9 Å². The molecule has 1 aromatic heterocycles. The number of benzene rings is 3. The zero-order valence-corrected chi connectivity index (χ0v) is 21.3. The number of rotatable bonds is 5. The lowest BCUT2D eigenvalue weighted by molar-refractivity contribution is -0.138. The highest BCUT2D eigenvalue weighted by atomic mass is 35.5. The van der Waals surface area contributed by atoms with Crippen molar-refractivity contribution in [2.45, 2.75) is 25.6 Å². The largest absolute Gasteiger partial charge is 0.463 e. The van der Waals surface area contributed by atoms with Crippen LogP contribution in [0.3, 0.4) is 0 Å². The maximum Gasteiger partial charge on any atom is 0.338 e. The van der Waals surface area contributed by atoms with Gasteiger partial charge >= 0.3 is 11.6 Å². The molecule has 2 heterocycles. The van der Waals surface area contributed by atoms with Gasteiger partial charge in [-0.1, -0.05) is 65.8 Å². The summed E-state index contributed by atoms with van der Waals surface area (Å²) in [6, 6.07) is 20.1. The number of aliphatic imine (C=N–C) groups is 1. The number of esters is 1. The van der Waals surface area contributed by atoms with Crippen molar-refractivity contribution in [2.75, 3.05) is 6.61 Å². The molecular weight excluding hydrogens is 496 g/mol. The number of carbonyl (C=O) groups is 1. The first-order valence-electron chi connectivity index (χ1n) is 11.5. The molecule has 4 aromatic rings. The predicted octanol–water partition coefficient (Wildman–Crippen LogP) is 6.37. The van der Waals surface area contributed by atoms with Crippen LogP contribution in [0.25, 0.3) is 21.7 Å². The third-order valence-electron chi connectivity index (χ3n) is 5.99. The highest BCUT2D eigenvalue weighted by Gasteiger charge is 2.31. The molecule has 8 heteroatoms. The highest BCUT2D eigenvalue weighted by Crippen LogP contribution is 2.37. The van der Waals surface area contributed by atoms with E-state index in [-0.39, 0.29) is 6.61 Å². The second kappa shape index (κ2) is 10.2. The lowest BCUT2D eigenvalue weighted by atomic mass is 9.92. The molecule has 5 rings (SSSR count). The van der Waals surface area contributed by atoms with Crippen molar-refractivity contribution in [1.29, 1.82) is 0 Å². The molecule has 1 aliphatic heterocycles. The minimum absolute atomic E-state index is 0.273. The molecule has 182 valence electrons. The smallest absolute Gasteiger partial charge is 0.338 e. The van der Waals surface area contributed by atoms with Crippen molar-refractivity contribution in [3.05, 3.63) is 105 Å². The van der Waals surface area contributed by atoms with Gasteiger partial charge in [0.1, 0.15) is 11.6 Å². The van der Waals surface area contributed by atoms with Gasteiger partial charge in [-0.25, -0.2) is 14.6 Å². The first-order valence-corrected chi connectivity index (χ1v) is 12.9. The monoisotopic (exact) mass is 518 g/mol. The quantitative estimate of drug-likeness (QED) is 0.244. The van der Waals surface area contributed by atoms with Crippen LogP contribution in [0.15, 0.2) is 92.2 Å². The van der Waals surface area contributed by atoms with Crippen LogP contribution in [0.5, 0.6) is 0 Å². The van der Waals surface area contributed by atoms with Gasteiger partial charge in [0.25, 0.3) is 0 Å². The van der Waals surface area contributed by atoms with Crippen LogP contribution in [0.1, 0.15) is 31.0 Å². The first kappa shape index (κ1) is 24.2. The zero-order valence-electron chi connectivity index (χ0n) is 19.7. The van der Waals surface area contributed by atoms with Crippen LogP contribution in [-0.4, -0.2) is 17.7 Å². The summed E-state index contributed by atoms with van der Waals surface area (Å²) in [5, 5.41) is 7.33. The number of carbonyl (C=O) groups excluding carboxylic acids is 1. The number of hydrogen-bond donors (Lipinski definition) is 1. The number of ether oxygens (including phenoxy) is 1. The molecule has 0 fully saturated rings. The molecule has 36 heavy (non-hydrogen) atoms. The van der Waals surface area contributed by atoms with Gasteiger partial charge in [0.05, 0.1) is 12.2 Å². The predicted molar refractivity (Wildman–Crippen MR) is 145 cm³/mol. The summed E-state index contributed by atoms with van der Waals surface area (Å²) in [6.45, 7) is 3.91. The Morgan fingerprint density at radius 2 is 1.92 bits per heavy atom. The number of thioether (sulfide) groups is 1. The van der Waals surface area contributed by atoms with Gasteiger partial charge in [-0.15, -0.1) is 0 Å². The number of amidine groups is 1. The SMILES string of the molecule is CCOC(=O)C1=C(C)NC(SCc2cc(=O)oc3ccc(Cl)cc23)=N[C@@H]1c1cccc2ccccc12. The number of nitrogens with zero attached hydrogens (tertiary/aromatic N) is 1. The summed E-state index contributed by atoms with van der Waals surface area (Å²) in [7, 11) is 0. The third-order valence-corrected chi connectivity index (χ3v) is 7.16. The lowest BCUT2D eigenvalue weighted by Gasteiger charge is -2.26. The Hall–Kier alpha value is -3.55. The average Bonchev–Trinajstić information content (AvgIpc) is 2.87. The Labute approximate surface area is 217 Å². The summed E-state index contributed by atoms with van der Waals surface area (Å²) in [4.78, 5) is 30.1. The van der Waals surface area contributed by atoms with Crippen molar-refractivity contribution in [2.24, 2.45) is 4.99 Å². The minimum Gasteiger partial charge on any atom is -0.463 e. The molecule has 0 amide bonds. The summed E-state index contributed by atoms with van der Waals surface area (Å²) >= 11 is 7.64. The average molecular weight is 519 g/mol. The van der Waals surface area contributed by atoms with Crippen molar-refractivity contribution in [1.82, 2.24) is 5.32 Å². The fourth-order valence-corrected chi connectivity index (χ4v) is 5.48. The van der Waals surface area contributed by atoms with E-state index in [2.05, 4.69) is 5.32 Å². The van der Waals surface area contributed by atoms with E-state index in [1.54, 1.807) is 25.1 Å². The van der Waals surface area contributed by atoms with E-state index >= 15 is 0 Å². The van der Waals surface area contributed by atoms with Gasteiger partial charge in [-0.05, 0) is 53.9 Å². The van der Waals surface area contributed by atoms with Gasteiger partial charge in [0, 0.05) is 27.9 Å². The summed E-state index contributed by atoms with van der Waals surface area (Å²) in [6.07, 6.45) is 0. The van der Waals surface area contributed by atoms with E-state index in [0.717, 1.165) is 27.3 Å². The minimum atomic E-state index is -0.536. The van der Waals surface area contributed by atoms with Gasteiger partial charge in [0.15, 0.2) is 5.17 Å². The van der Waals surface area contributed by atoms with E-state index < -0.39 is 17.6 Å². The van der Waals surface area contributed by atoms with Crippen molar-refractivity contribution in [3.63, 3.8) is 0 Å². The molecule has 0 saturated heterocycles. The Morgan fingerprint density at radius 1 is 1.11 bits per heavy atom. The van der Waals surface area contributed by atoms with Crippen LogP contribution in [0.2, 0.25) is 5.02 Å². The molecule has 0 saturated carbocycles. The highest BCUT2D eigenvalue weighted by molar-refractivity contribution is 8.13. The molecule has 1 aliphatic rings. The van der Waals surface area contributed by atoms with Crippen LogP contribution in [-0.2, 0) is 15.3 Å². The number of halogens is 1. The number of allylic oxidation sites excluding steroid dienone is 1. The van der Waals surface area contributed by atoms with E-state index in [1.165, 1.54) is 17.8 Å². The number of hydrogen-bond acceptors (Lipinski definition) is 7. The second-order valence-corrected chi connectivity index (χ2v) is 9.71. The normalized spacial score (nSPS) is 15.6. The van der Waals surface area contributed by atoms with Crippen LogP contribution in [0, 0.1) is 0 Å². The maximum absolute atomic E-state index is 13.0. The zero-order chi connectivity index (χ0) is 25.2. The Balaban J connectivity index is 1.54. The van der Waals surface area contributed by atoms with Crippen molar-refractivity contribution < 1.29 is 13.9 Å². The Morgan fingerprint density at radius 3 is 2.75 bits per heavy atom. The van der Waals surface area contributed by atoms with Gasteiger partial charge < -0.3 is 14.5 Å². The molecule has 1 atom stereocenters. The fraction of sp³-hybridized carbons (Fsp3) is 0.179. The first-order chi connectivity index (χ1) is 17.4. The van der Waals surface area contributed by atoms with Crippen molar-refractivity contribution in [3.8, 4) is 0 Å². The molecule has 0 unspecified atom stereocenters. The van der Waals surface area contributed by atoms with Gasteiger partial charge in [-0.3, -0.25) is 0 Å². The standard InChI is InChI=1S/C28H23ClN2O4S/c1-3-34-27(33)25-16(2)30-28(31-26(25)21-10-6-8-17-7-4-5-9-20(17)21)36-15-18-13-24(32)35-23-12-11-19(29)14-22(18)23/h4-14,26H,3,15H2,1-2H3,(H,30,31)/t26-/m1/s1. The molecule has 1 N–H and O–H groups in total. The van der Waals surface area contributed by atoms with E-state index in [1.807, 2.05) is 49.4 Å². The molecule has 0 bridgehead atoms. The van der Waals surface area contributed by atoms with Gasteiger partial charge in [0.2, 0.25) is 0 Å². The molecule has 3 aromatic carbocycles. The lowest BCUT2D eigenvalue weighted by Crippen LogP contribution is -2.30. The fourth-order valence-electron chi connectivity index (χ4n) is 4.37. The molecular formula is C28H23ClN2O4S. The van der Waals surface area contributed by atoms with E-state index in [0.29, 0.717) is 32.8 Å². The molecule has 6 nitrogen and oxygen atoms in total. The molecule has 0 radical (unpaired) electrons. The number of nitrogens with one attached hydrogen (secondary N) is 1. The number of fused-ring (bicyclic) bond motifs is 2. The van der Waals surface area contributed by atoms with Crippen LogP contribution >= 0.6 is 23.4 Å².